The molecular weight excluding hydrogens is 517 g/mol. The molecule has 0 aromatic carbocycles. The molecule has 0 bridgehead atoms. The summed E-state index contributed by atoms with van der Waals surface area (Å²) in [6, 6.07) is 7.76. The molecule has 13 heteroatoms. The zero-order chi connectivity index (χ0) is 27.7. The van der Waals surface area contributed by atoms with Gasteiger partial charge in [-0.2, -0.15) is 4.98 Å². The Labute approximate surface area is 231 Å². The molecule has 6 heterocycles. The van der Waals surface area contributed by atoms with Crippen molar-refractivity contribution in [3.05, 3.63) is 42.5 Å². The number of carbonyl (C=O) groups is 1. The molecule has 40 heavy (non-hydrogen) atoms. The first-order chi connectivity index (χ1) is 19.3. The van der Waals surface area contributed by atoms with E-state index in [2.05, 4.69) is 45.7 Å². The van der Waals surface area contributed by atoms with Crippen LogP contribution in [0.25, 0.3) is 0 Å². The Bertz CT molecular complexity index is 1370. The number of nitrogens with one attached hydrogen (secondary N) is 3. The van der Waals surface area contributed by atoms with Crippen molar-refractivity contribution < 1.29 is 18.7 Å². The molecule has 3 N–H and O–H groups in total. The van der Waals surface area contributed by atoms with Crippen LogP contribution in [-0.4, -0.2) is 81.8 Å². The normalized spacial score (nSPS) is 19.4. The highest BCUT2D eigenvalue weighted by Crippen LogP contribution is 2.33. The summed E-state index contributed by atoms with van der Waals surface area (Å²) in [5.74, 6) is 1.04. The maximum absolute atomic E-state index is 14.5. The third kappa shape index (κ3) is 5.61. The van der Waals surface area contributed by atoms with Crippen molar-refractivity contribution in [2.75, 3.05) is 60.2 Å². The van der Waals surface area contributed by atoms with Crippen molar-refractivity contribution in [2.45, 2.75) is 38.3 Å². The summed E-state index contributed by atoms with van der Waals surface area (Å²) in [6.07, 6.45) is 5.01. The molecule has 210 valence electrons. The average molecular weight is 550 g/mol. The molecule has 0 saturated carbocycles. The minimum atomic E-state index is -1.00. The Morgan fingerprint density at radius 2 is 1.80 bits per heavy atom. The van der Waals surface area contributed by atoms with Crippen molar-refractivity contribution in [1.82, 2.24) is 24.8 Å². The lowest BCUT2D eigenvalue weighted by molar-refractivity contribution is -0.129. The zero-order valence-corrected chi connectivity index (χ0v) is 22.5. The van der Waals surface area contributed by atoms with Crippen molar-refractivity contribution >= 4 is 40.8 Å². The summed E-state index contributed by atoms with van der Waals surface area (Å²) in [5.41, 5.74) is -0.325. The van der Waals surface area contributed by atoms with Gasteiger partial charge in [0.2, 0.25) is 5.95 Å². The van der Waals surface area contributed by atoms with Gasteiger partial charge in [-0.3, -0.25) is 9.69 Å². The van der Waals surface area contributed by atoms with E-state index in [1.54, 1.807) is 32.2 Å². The van der Waals surface area contributed by atoms with Crippen LogP contribution in [-0.2, 0) is 9.53 Å². The lowest BCUT2D eigenvalue weighted by Crippen LogP contribution is -2.49. The van der Waals surface area contributed by atoms with Crippen LogP contribution in [0.15, 0.2) is 36.7 Å². The van der Waals surface area contributed by atoms with E-state index in [9.17, 15) is 9.18 Å². The van der Waals surface area contributed by atoms with Crippen LogP contribution in [0.2, 0.25) is 0 Å². The Kier molecular flexibility index (Phi) is 7.07. The second-order valence-corrected chi connectivity index (χ2v) is 10.5. The summed E-state index contributed by atoms with van der Waals surface area (Å²) in [5, 5.41) is 8.63. The van der Waals surface area contributed by atoms with Gasteiger partial charge in [-0.25, -0.2) is 19.3 Å². The third-order valence-corrected chi connectivity index (χ3v) is 7.35. The van der Waals surface area contributed by atoms with Gasteiger partial charge in [0.05, 0.1) is 31.3 Å². The van der Waals surface area contributed by atoms with E-state index in [4.69, 9.17) is 9.47 Å². The Balaban J connectivity index is 1.08. The molecule has 0 atom stereocenters. The quantitative estimate of drug-likeness (QED) is 0.419. The molecule has 0 radical (unpaired) electrons. The van der Waals surface area contributed by atoms with Crippen molar-refractivity contribution in [1.29, 1.82) is 0 Å². The Morgan fingerprint density at radius 1 is 1.00 bits per heavy atom. The van der Waals surface area contributed by atoms with E-state index in [0.29, 0.717) is 17.5 Å². The molecule has 6 rings (SSSR count). The average Bonchev–Trinajstić information content (AvgIpc) is 2.96. The smallest absolute Gasteiger partial charge is 0.269 e. The van der Waals surface area contributed by atoms with Crippen molar-refractivity contribution in [3.8, 4) is 5.75 Å². The first-order valence-electron chi connectivity index (χ1n) is 13.4. The molecular formula is C27H32FN9O3. The number of halogens is 1. The SMILES string of the molecule is CC1(C)Oc2ccc(Nc3nc(Nc4ccc(N5CCC(N6CCOCC6)CC5)nc4)ncc3F)nc2NC1=O. The van der Waals surface area contributed by atoms with Crippen LogP contribution >= 0.6 is 0 Å². The van der Waals surface area contributed by atoms with Crippen LogP contribution in [0, 0.1) is 5.82 Å². The van der Waals surface area contributed by atoms with Crippen molar-refractivity contribution in [3.63, 3.8) is 0 Å². The van der Waals surface area contributed by atoms with Crippen LogP contribution in [0.1, 0.15) is 26.7 Å². The van der Waals surface area contributed by atoms with Gasteiger partial charge < -0.3 is 30.3 Å². The lowest BCUT2D eigenvalue weighted by atomic mass is 10.0. The highest BCUT2D eigenvalue weighted by atomic mass is 19.1. The number of pyridine rings is 2. The summed E-state index contributed by atoms with van der Waals surface area (Å²) in [4.78, 5) is 34.3. The number of hydrogen-bond acceptors (Lipinski definition) is 11. The standard InChI is InChI=1S/C27H32FN9O3/c1-27(2)25(38)34-24-20(40-27)4-5-21(33-24)32-23-19(28)16-30-26(35-23)31-17-3-6-22(29-15-17)37-9-7-18(8-10-37)36-11-13-39-14-12-36/h3-6,15-16,18H,7-14H2,1-2H3,(H3,30,31,32,33,34,35,38). The maximum atomic E-state index is 14.5. The molecule has 2 saturated heterocycles. The van der Waals surface area contributed by atoms with E-state index >= 15 is 0 Å². The van der Waals surface area contributed by atoms with Gasteiger partial charge in [0, 0.05) is 32.2 Å². The number of rotatable bonds is 6. The van der Waals surface area contributed by atoms with Gasteiger partial charge in [0.1, 0.15) is 11.6 Å². The number of morpholine rings is 1. The monoisotopic (exact) mass is 549 g/mol. The summed E-state index contributed by atoms with van der Waals surface area (Å²) < 4.78 is 25.7. The zero-order valence-electron chi connectivity index (χ0n) is 22.5. The van der Waals surface area contributed by atoms with Crippen LogP contribution in [0.5, 0.6) is 5.75 Å². The van der Waals surface area contributed by atoms with Gasteiger partial charge in [-0.05, 0) is 51.0 Å². The third-order valence-electron chi connectivity index (χ3n) is 7.35. The molecule has 0 unspecified atom stereocenters. The van der Waals surface area contributed by atoms with E-state index in [0.717, 1.165) is 64.2 Å². The molecule has 12 nitrogen and oxygen atoms in total. The molecule has 3 aromatic heterocycles. The van der Waals surface area contributed by atoms with Crippen LogP contribution in [0.3, 0.4) is 0 Å². The molecule has 2 fully saturated rings. The van der Waals surface area contributed by atoms with E-state index in [-0.39, 0.29) is 29.3 Å². The number of aromatic nitrogens is 4. The summed E-state index contributed by atoms with van der Waals surface area (Å²) in [6.45, 7) is 8.93. The van der Waals surface area contributed by atoms with Gasteiger partial charge in [-0.1, -0.05) is 0 Å². The molecule has 0 spiro atoms. The van der Waals surface area contributed by atoms with Gasteiger partial charge in [0.25, 0.3) is 5.91 Å². The Hall–Kier alpha value is -4.10. The fraction of sp³-hybridized carbons (Fsp3) is 0.444. The second-order valence-electron chi connectivity index (χ2n) is 10.5. The number of piperidine rings is 1. The minimum Gasteiger partial charge on any atom is -0.474 e. The van der Waals surface area contributed by atoms with E-state index in [1.165, 1.54) is 0 Å². The molecule has 3 aliphatic heterocycles. The number of fused-ring (bicyclic) bond motifs is 1. The topological polar surface area (TPSA) is 130 Å². The highest BCUT2D eigenvalue weighted by Gasteiger charge is 2.36. The molecule has 1 amide bonds. The van der Waals surface area contributed by atoms with E-state index < -0.39 is 11.4 Å². The van der Waals surface area contributed by atoms with Crippen LogP contribution < -0.4 is 25.6 Å². The largest absolute Gasteiger partial charge is 0.474 e. The highest BCUT2D eigenvalue weighted by molar-refractivity contribution is 5.99. The second kappa shape index (κ2) is 10.8. The van der Waals surface area contributed by atoms with E-state index in [1.807, 2.05) is 12.1 Å². The maximum Gasteiger partial charge on any atom is 0.269 e. The summed E-state index contributed by atoms with van der Waals surface area (Å²) >= 11 is 0. The number of hydrogen-bond donors (Lipinski definition) is 3. The predicted molar refractivity (Wildman–Crippen MR) is 148 cm³/mol. The number of ether oxygens (including phenoxy) is 2. The first kappa shape index (κ1) is 26.1. The number of amides is 1. The number of nitrogens with zero attached hydrogens (tertiary/aromatic N) is 6. The van der Waals surface area contributed by atoms with Gasteiger partial charge in [0.15, 0.2) is 28.8 Å². The Morgan fingerprint density at radius 3 is 2.55 bits per heavy atom. The first-order valence-corrected chi connectivity index (χ1v) is 13.4. The number of carbonyl (C=O) groups excluding carboxylic acids is 1. The lowest BCUT2D eigenvalue weighted by Gasteiger charge is -2.40. The summed E-state index contributed by atoms with van der Waals surface area (Å²) in [7, 11) is 0. The molecule has 3 aromatic rings. The van der Waals surface area contributed by atoms with Crippen molar-refractivity contribution in [2.24, 2.45) is 0 Å². The fourth-order valence-corrected chi connectivity index (χ4v) is 5.08. The fourth-order valence-electron chi connectivity index (χ4n) is 5.08. The predicted octanol–water partition coefficient (Wildman–Crippen LogP) is 3.30. The minimum absolute atomic E-state index is 0.0685. The molecule has 0 aliphatic carbocycles. The molecule has 3 aliphatic rings. The number of anilines is 6. The van der Waals surface area contributed by atoms with Gasteiger partial charge >= 0.3 is 0 Å². The van der Waals surface area contributed by atoms with Gasteiger partial charge in [-0.15, -0.1) is 0 Å². The van der Waals surface area contributed by atoms with Crippen LogP contribution in [0.4, 0.5) is 39.3 Å².